The van der Waals surface area contributed by atoms with Crippen molar-refractivity contribution < 1.29 is 9.53 Å². The predicted molar refractivity (Wildman–Crippen MR) is 80.5 cm³/mol. The van der Waals surface area contributed by atoms with E-state index in [1.165, 1.54) is 0 Å². The fraction of sp³-hybridized carbons (Fsp3) is 0.222. The van der Waals surface area contributed by atoms with E-state index in [-0.39, 0.29) is 5.97 Å². The Kier molecular flexibility index (Phi) is 5.39. The maximum atomic E-state index is 11.5. The number of hydrogen-bond donors (Lipinski definition) is 0. The molecule has 0 N–H and O–H groups in total. The van der Waals surface area contributed by atoms with Crippen molar-refractivity contribution in [2.24, 2.45) is 0 Å². The fourth-order valence-corrected chi connectivity index (χ4v) is 3.02. The van der Waals surface area contributed by atoms with Crippen LogP contribution in [0.25, 0.3) is 0 Å². The largest absolute Gasteiger partial charge is 0.462 e. The Balaban J connectivity index is 3.11. The second-order valence-electron chi connectivity index (χ2n) is 2.44. The minimum absolute atomic E-state index is 0.244. The van der Waals surface area contributed by atoms with E-state index in [2.05, 4.69) is 67.8 Å². The fourth-order valence-electron chi connectivity index (χ4n) is 0.892. The summed E-state index contributed by atoms with van der Waals surface area (Å²) in [5, 5.41) is 0. The van der Waals surface area contributed by atoms with E-state index in [9.17, 15) is 4.79 Å². The number of ether oxygens (including phenoxy) is 1. The maximum absolute atomic E-state index is 11.5. The van der Waals surface area contributed by atoms with Gasteiger partial charge in [0.15, 0.2) is 0 Å². The van der Waals surface area contributed by atoms with Crippen LogP contribution in [0.5, 0.6) is 0 Å². The monoisotopic (exact) mass is 528 g/mol. The molecule has 2 nitrogen and oxygen atoms in total. The van der Waals surface area contributed by atoms with E-state index in [0.29, 0.717) is 12.2 Å². The van der Waals surface area contributed by atoms with Gasteiger partial charge >= 0.3 is 5.97 Å². The van der Waals surface area contributed by atoms with Crippen LogP contribution in [-0.2, 0) is 4.74 Å². The van der Waals surface area contributed by atoms with Gasteiger partial charge in [0, 0.05) is 10.7 Å². The van der Waals surface area contributed by atoms with Crippen LogP contribution in [0.1, 0.15) is 17.3 Å². The summed E-state index contributed by atoms with van der Waals surface area (Å²) in [5.74, 6) is -0.244. The van der Waals surface area contributed by atoms with Gasteiger partial charge in [0.2, 0.25) is 0 Å². The number of esters is 1. The van der Waals surface area contributed by atoms with E-state index >= 15 is 0 Å². The molecule has 0 bridgehead atoms. The lowest BCUT2D eigenvalue weighted by Crippen LogP contribution is -2.08. The standard InChI is InChI=1S/C9H7I3O2/c1-2-14-9(13)5-3-4-6(10)8(12)7(5)11/h3-4H,2H2,1H3. The first kappa shape index (κ1) is 12.9. The van der Waals surface area contributed by atoms with E-state index in [4.69, 9.17) is 4.74 Å². The molecule has 0 aliphatic carbocycles. The zero-order chi connectivity index (χ0) is 10.7. The number of rotatable bonds is 2. The average Bonchev–Trinajstić information content (AvgIpc) is 2.15. The first-order chi connectivity index (χ1) is 6.57. The van der Waals surface area contributed by atoms with Crippen LogP contribution < -0.4 is 0 Å². The normalized spacial score (nSPS) is 10.0. The highest BCUT2D eigenvalue weighted by Gasteiger charge is 2.14. The molecule has 0 unspecified atom stereocenters. The maximum Gasteiger partial charge on any atom is 0.339 e. The van der Waals surface area contributed by atoms with Gasteiger partial charge in [-0.2, -0.15) is 0 Å². The lowest BCUT2D eigenvalue weighted by Gasteiger charge is -2.06. The molecular formula is C9H7I3O2. The molecule has 0 amide bonds. The summed E-state index contributed by atoms with van der Waals surface area (Å²) < 4.78 is 8.18. The average molecular weight is 528 g/mol. The Morgan fingerprint density at radius 3 is 2.50 bits per heavy atom. The molecule has 0 atom stereocenters. The van der Waals surface area contributed by atoms with Crippen molar-refractivity contribution in [1.82, 2.24) is 0 Å². The molecule has 1 aromatic rings. The van der Waals surface area contributed by atoms with Crippen LogP contribution >= 0.6 is 67.8 Å². The van der Waals surface area contributed by atoms with E-state index in [1.807, 2.05) is 19.1 Å². The quantitative estimate of drug-likeness (QED) is 0.333. The van der Waals surface area contributed by atoms with E-state index in [0.717, 1.165) is 10.7 Å². The van der Waals surface area contributed by atoms with Crippen molar-refractivity contribution in [2.45, 2.75) is 6.92 Å². The summed E-state index contributed by atoms with van der Waals surface area (Å²) in [6, 6.07) is 3.74. The SMILES string of the molecule is CCOC(=O)c1ccc(I)c(I)c1I. The molecule has 0 aromatic heterocycles. The Hall–Kier alpha value is 0.880. The highest BCUT2D eigenvalue weighted by Crippen LogP contribution is 2.24. The van der Waals surface area contributed by atoms with Crippen molar-refractivity contribution in [2.75, 3.05) is 6.61 Å². The van der Waals surface area contributed by atoms with Gasteiger partial charge in [-0.15, -0.1) is 0 Å². The summed E-state index contributed by atoms with van der Waals surface area (Å²) in [5.41, 5.74) is 0.650. The van der Waals surface area contributed by atoms with Gasteiger partial charge in [0.1, 0.15) is 0 Å². The van der Waals surface area contributed by atoms with Crippen molar-refractivity contribution in [3.8, 4) is 0 Å². The van der Waals surface area contributed by atoms with E-state index in [1.54, 1.807) is 0 Å². The number of hydrogen-bond acceptors (Lipinski definition) is 2. The molecule has 0 aliphatic rings. The van der Waals surface area contributed by atoms with Gasteiger partial charge in [-0.25, -0.2) is 4.79 Å². The molecule has 0 heterocycles. The number of halogens is 3. The van der Waals surface area contributed by atoms with Crippen LogP contribution in [-0.4, -0.2) is 12.6 Å². The van der Waals surface area contributed by atoms with Crippen molar-refractivity contribution in [1.29, 1.82) is 0 Å². The highest BCUT2D eigenvalue weighted by atomic mass is 127. The van der Waals surface area contributed by atoms with Crippen molar-refractivity contribution in [3.05, 3.63) is 28.4 Å². The molecule has 0 saturated heterocycles. The van der Waals surface area contributed by atoms with Crippen LogP contribution in [0.3, 0.4) is 0 Å². The predicted octanol–water partition coefficient (Wildman–Crippen LogP) is 3.68. The molecule has 0 spiro atoms. The minimum Gasteiger partial charge on any atom is -0.462 e. The van der Waals surface area contributed by atoms with Gasteiger partial charge < -0.3 is 4.74 Å². The molecule has 1 aromatic carbocycles. The molecular weight excluding hydrogens is 521 g/mol. The second kappa shape index (κ2) is 5.83. The second-order valence-corrected chi connectivity index (χ2v) is 5.76. The van der Waals surface area contributed by atoms with Crippen LogP contribution in [0, 0.1) is 10.7 Å². The first-order valence-electron chi connectivity index (χ1n) is 3.88. The van der Waals surface area contributed by atoms with Gasteiger partial charge in [-0.05, 0) is 86.8 Å². The third-order valence-corrected chi connectivity index (χ3v) is 6.73. The van der Waals surface area contributed by atoms with Gasteiger partial charge in [0.25, 0.3) is 0 Å². The Morgan fingerprint density at radius 1 is 1.29 bits per heavy atom. The van der Waals surface area contributed by atoms with Crippen molar-refractivity contribution >= 4 is 73.7 Å². The topological polar surface area (TPSA) is 26.3 Å². The zero-order valence-electron chi connectivity index (χ0n) is 7.31. The Morgan fingerprint density at radius 2 is 1.93 bits per heavy atom. The molecule has 14 heavy (non-hydrogen) atoms. The lowest BCUT2D eigenvalue weighted by molar-refractivity contribution is 0.0525. The molecule has 0 fully saturated rings. The molecule has 0 saturated carbocycles. The minimum atomic E-state index is -0.244. The smallest absolute Gasteiger partial charge is 0.339 e. The lowest BCUT2D eigenvalue weighted by atomic mass is 10.2. The molecule has 1 rings (SSSR count). The number of carbonyl (C=O) groups is 1. The van der Waals surface area contributed by atoms with Crippen LogP contribution in [0.4, 0.5) is 0 Å². The van der Waals surface area contributed by atoms with Gasteiger partial charge in [0.05, 0.1) is 12.2 Å². The highest BCUT2D eigenvalue weighted by molar-refractivity contribution is 14.1. The van der Waals surface area contributed by atoms with Gasteiger partial charge in [-0.1, -0.05) is 0 Å². The molecule has 0 radical (unpaired) electrons. The first-order valence-corrected chi connectivity index (χ1v) is 7.12. The Labute approximate surface area is 124 Å². The summed E-state index contributed by atoms with van der Waals surface area (Å²) in [6.07, 6.45) is 0. The summed E-state index contributed by atoms with van der Waals surface area (Å²) in [7, 11) is 0. The summed E-state index contributed by atoms with van der Waals surface area (Å²) >= 11 is 6.65. The summed E-state index contributed by atoms with van der Waals surface area (Å²) in [6.45, 7) is 2.22. The van der Waals surface area contributed by atoms with E-state index < -0.39 is 0 Å². The third-order valence-electron chi connectivity index (χ3n) is 1.53. The number of benzene rings is 1. The van der Waals surface area contributed by atoms with Gasteiger partial charge in [-0.3, -0.25) is 0 Å². The Bertz CT molecular complexity index is 363. The van der Waals surface area contributed by atoms with Crippen LogP contribution in [0.15, 0.2) is 12.1 Å². The zero-order valence-corrected chi connectivity index (χ0v) is 13.8. The number of carbonyl (C=O) groups excluding carboxylic acids is 1. The van der Waals surface area contributed by atoms with Crippen molar-refractivity contribution in [3.63, 3.8) is 0 Å². The third kappa shape index (κ3) is 2.94. The summed E-state index contributed by atoms with van der Waals surface area (Å²) in [4.78, 5) is 11.5. The van der Waals surface area contributed by atoms with Crippen LogP contribution in [0.2, 0.25) is 0 Å². The molecule has 76 valence electrons. The molecule has 0 aliphatic heterocycles. The molecule has 5 heteroatoms.